The highest BCUT2D eigenvalue weighted by molar-refractivity contribution is 14.1. The van der Waals surface area contributed by atoms with Crippen molar-refractivity contribution < 1.29 is 4.79 Å². The minimum atomic E-state index is 0.162. The molecule has 1 aliphatic rings. The molecule has 1 aliphatic heterocycles. The van der Waals surface area contributed by atoms with Crippen LogP contribution < -0.4 is 4.90 Å². The number of benzene rings is 1. The van der Waals surface area contributed by atoms with Crippen LogP contribution >= 0.6 is 51.1 Å². The highest BCUT2D eigenvalue weighted by Gasteiger charge is 2.29. The van der Waals surface area contributed by atoms with E-state index in [1.54, 1.807) is 0 Å². The van der Waals surface area contributed by atoms with E-state index >= 15 is 0 Å². The van der Waals surface area contributed by atoms with Gasteiger partial charge in [0.15, 0.2) is 0 Å². The minimum absolute atomic E-state index is 0.162. The van der Waals surface area contributed by atoms with Crippen LogP contribution in [0.4, 0.5) is 5.69 Å². The van der Waals surface area contributed by atoms with Crippen LogP contribution in [0.1, 0.15) is 6.42 Å². The Hall–Kier alpha value is 0.250. The van der Waals surface area contributed by atoms with Crippen molar-refractivity contribution >= 4 is 62.7 Å². The van der Waals surface area contributed by atoms with Crippen molar-refractivity contribution in [1.82, 2.24) is 0 Å². The van der Waals surface area contributed by atoms with Gasteiger partial charge in [-0.25, -0.2) is 0 Å². The largest absolute Gasteiger partial charge is 0.310 e. The molecule has 0 spiro atoms. The summed E-state index contributed by atoms with van der Waals surface area (Å²) in [5.74, 6) is 0.162. The number of hydrogen-bond donors (Lipinski definition) is 1. The summed E-state index contributed by atoms with van der Waals surface area (Å²) in [5.41, 5.74) is 0.986. The Bertz CT molecular complexity index is 412. The molecule has 1 fully saturated rings. The predicted octanol–water partition coefficient (Wildman–Crippen LogP) is 3.09. The van der Waals surface area contributed by atoms with E-state index < -0.39 is 0 Å². The van der Waals surface area contributed by atoms with E-state index in [0.29, 0.717) is 13.0 Å². The summed E-state index contributed by atoms with van der Waals surface area (Å²) in [7, 11) is 0. The fraction of sp³-hybridized carbons (Fsp3) is 0.300. The normalized spacial score (nSPS) is 21.1. The van der Waals surface area contributed by atoms with E-state index in [0.717, 1.165) is 13.7 Å². The molecule has 1 unspecified atom stereocenters. The molecule has 80 valence electrons. The molecule has 2 rings (SSSR count). The Kier molecular flexibility index (Phi) is 3.62. The number of rotatable bonds is 1. The van der Waals surface area contributed by atoms with Gasteiger partial charge in [0.1, 0.15) is 0 Å². The molecule has 1 aromatic carbocycles. The number of amides is 1. The first-order valence-electron chi connectivity index (χ1n) is 4.51. The van der Waals surface area contributed by atoms with Gasteiger partial charge >= 0.3 is 0 Å². The summed E-state index contributed by atoms with van der Waals surface area (Å²) < 4.78 is 2.11. The summed E-state index contributed by atoms with van der Waals surface area (Å²) in [6.45, 7) is 0.708. The van der Waals surface area contributed by atoms with Crippen molar-refractivity contribution in [3.63, 3.8) is 0 Å². The molecule has 2 nitrogen and oxygen atoms in total. The summed E-state index contributed by atoms with van der Waals surface area (Å²) in [6, 6.07) is 5.93. The fourth-order valence-corrected chi connectivity index (χ4v) is 3.54. The summed E-state index contributed by atoms with van der Waals surface area (Å²) in [5, 5.41) is 0.164. The number of anilines is 1. The minimum Gasteiger partial charge on any atom is -0.310 e. The Morgan fingerprint density at radius 2 is 2.27 bits per heavy atom. The lowest BCUT2D eigenvalue weighted by molar-refractivity contribution is -0.117. The third-order valence-corrected chi connectivity index (χ3v) is 4.01. The zero-order valence-corrected chi connectivity index (χ0v) is 12.4. The molecular weight excluding hydrogens is 389 g/mol. The molecule has 1 aromatic rings. The molecule has 0 aromatic heterocycles. The van der Waals surface area contributed by atoms with Gasteiger partial charge < -0.3 is 4.90 Å². The second kappa shape index (κ2) is 4.63. The van der Waals surface area contributed by atoms with E-state index in [1.165, 1.54) is 0 Å². The van der Waals surface area contributed by atoms with Crippen LogP contribution in [0.15, 0.2) is 22.7 Å². The van der Waals surface area contributed by atoms with Gasteiger partial charge in [0, 0.05) is 26.3 Å². The molecule has 0 radical (unpaired) electrons. The smallest absolute Gasteiger partial charge is 0.228 e. The third-order valence-electron chi connectivity index (χ3n) is 2.31. The summed E-state index contributed by atoms with van der Waals surface area (Å²) in [6.07, 6.45) is 0.537. The SMILES string of the molecule is O=C1CC(S)CN1c1ccc(Br)cc1I. The zero-order chi connectivity index (χ0) is 11.0. The molecule has 1 heterocycles. The van der Waals surface area contributed by atoms with Crippen LogP contribution in [-0.2, 0) is 4.79 Å². The Labute approximate surface area is 116 Å². The second-order valence-electron chi connectivity index (χ2n) is 3.46. The van der Waals surface area contributed by atoms with Crippen LogP contribution in [0, 0.1) is 3.57 Å². The molecule has 1 saturated heterocycles. The number of carbonyl (C=O) groups is 1. The standard InChI is InChI=1S/C10H9BrINOS/c11-6-1-2-9(8(12)3-6)13-5-7(15)4-10(13)14/h1-3,7,15H,4-5H2. The first kappa shape index (κ1) is 11.7. The number of halogens is 2. The quantitative estimate of drug-likeness (QED) is 0.570. The van der Waals surface area contributed by atoms with E-state index in [-0.39, 0.29) is 11.2 Å². The van der Waals surface area contributed by atoms with E-state index in [1.807, 2.05) is 23.1 Å². The first-order chi connectivity index (χ1) is 7.08. The van der Waals surface area contributed by atoms with Crippen LogP contribution in [0.3, 0.4) is 0 Å². The van der Waals surface area contributed by atoms with Crippen molar-refractivity contribution in [1.29, 1.82) is 0 Å². The maximum atomic E-state index is 11.7. The average molecular weight is 398 g/mol. The Morgan fingerprint density at radius 1 is 1.53 bits per heavy atom. The molecule has 0 saturated carbocycles. The predicted molar refractivity (Wildman–Crippen MR) is 76.6 cm³/mol. The second-order valence-corrected chi connectivity index (χ2v) is 6.27. The summed E-state index contributed by atoms with van der Waals surface area (Å²) >= 11 is 9.99. The van der Waals surface area contributed by atoms with Crippen molar-refractivity contribution in [2.45, 2.75) is 11.7 Å². The van der Waals surface area contributed by atoms with E-state index in [9.17, 15) is 4.79 Å². The highest BCUT2D eigenvalue weighted by Crippen LogP contribution is 2.30. The van der Waals surface area contributed by atoms with E-state index in [2.05, 4.69) is 51.1 Å². The lowest BCUT2D eigenvalue weighted by Gasteiger charge is -2.17. The topological polar surface area (TPSA) is 20.3 Å². The van der Waals surface area contributed by atoms with Crippen LogP contribution in [0.5, 0.6) is 0 Å². The molecule has 1 atom stereocenters. The molecule has 0 N–H and O–H groups in total. The fourth-order valence-electron chi connectivity index (χ4n) is 1.62. The molecular formula is C10H9BrINOS. The Morgan fingerprint density at radius 3 is 2.80 bits per heavy atom. The zero-order valence-electron chi connectivity index (χ0n) is 7.78. The first-order valence-corrected chi connectivity index (χ1v) is 6.90. The lowest BCUT2D eigenvalue weighted by atomic mass is 10.3. The van der Waals surface area contributed by atoms with Crippen LogP contribution in [0.25, 0.3) is 0 Å². The van der Waals surface area contributed by atoms with Gasteiger partial charge in [-0.2, -0.15) is 12.6 Å². The highest BCUT2D eigenvalue weighted by atomic mass is 127. The maximum Gasteiger partial charge on any atom is 0.228 e. The van der Waals surface area contributed by atoms with Gasteiger partial charge in [-0.1, -0.05) is 15.9 Å². The summed E-state index contributed by atoms with van der Waals surface area (Å²) in [4.78, 5) is 13.5. The molecule has 1 amide bonds. The van der Waals surface area contributed by atoms with Gasteiger partial charge in [0.25, 0.3) is 0 Å². The number of hydrogen-bond acceptors (Lipinski definition) is 2. The third kappa shape index (κ3) is 2.50. The van der Waals surface area contributed by atoms with Gasteiger partial charge in [-0.05, 0) is 40.8 Å². The van der Waals surface area contributed by atoms with Gasteiger partial charge in [0.05, 0.1) is 5.69 Å². The number of nitrogens with zero attached hydrogens (tertiary/aromatic N) is 1. The molecule has 0 bridgehead atoms. The average Bonchev–Trinajstić information content (AvgIpc) is 2.45. The Balaban J connectivity index is 2.34. The van der Waals surface area contributed by atoms with E-state index in [4.69, 9.17) is 0 Å². The van der Waals surface area contributed by atoms with Gasteiger partial charge in [-0.3, -0.25) is 4.79 Å². The van der Waals surface area contributed by atoms with Gasteiger partial charge in [0.2, 0.25) is 5.91 Å². The van der Waals surface area contributed by atoms with Crippen molar-refractivity contribution in [3.05, 3.63) is 26.2 Å². The molecule has 15 heavy (non-hydrogen) atoms. The van der Waals surface area contributed by atoms with Crippen LogP contribution in [-0.4, -0.2) is 17.7 Å². The van der Waals surface area contributed by atoms with Gasteiger partial charge in [-0.15, -0.1) is 0 Å². The molecule has 0 aliphatic carbocycles. The van der Waals surface area contributed by atoms with Crippen molar-refractivity contribution in [3.8, 4) is 0 Å². The monoisotopic (exact) mass is 397 g/mol. The van der Waals surface area contributed by atoms with Crippen molar-refractivity contribution in [2.75, 3.05) is 11.4 Å². The van der Waals surface area contributed by atoms with Crippen LogP contribution in [0.2, 0.25) is 0 Å². The number of thiol groups is 1. The lowest BCUT2D eigenvalue weighted by Crippen LogP contribution is -2.25. The maximum absolute atomic E-state index is 11.7. The number of carbonyl (C=O) groups excluding carboxylic acids is 1. The molecule has 5 heteroatoms. The van der Waals surface area contributed by atoms with Crippen molar-refractivity contribution in [2.24, 2.45) is 0 Å².